The first kappa shape index (κ1) is 26.7. The van der Waals surface area contributed by atoms with Crippen molar-refractivity contribution < 1.29 is 12.8 Å². The van der Waals surface area contributed by atoms with Gasteiger partial charge in [0, 0.05) is 25.1 Å². The number of hydrogen-bond acceptors (Lipinski definition) is 4. The van der Waals surface area contributed by atoms with Crippen LogP contribution in [0.2, 0.25) is 0 Å². The fraction of sp³-hybridized carbons (Fsp3) is 0.381. The van der Waals surface area contributed by atoms with Gasteiger partial charge in [-0.25, -0.2) is 17.8 Å². The van der Waals surface area contributed by atoms with Crippen LogP contribution in [0.3, 0.4) is 0 Å². The van der Waals surface area contributed by atoms with E-state index in [-0.39, 0.29) is 35.5 Å². The Morgan fingerprint density at radius 1 is 1.07 bits per heavy atom. The zero-order valence-corrected chi connectivity index (χ0v) is 21.4. The summed E-state index contributed by atoms with van der Waals surface area (Å²) in [4.78, 5) is 4.59. The second-order valence-corrected chi connectivity index (χ2v) is 9.79. The van der Waals surface area contributed by atoms with E-state index in [0.717, 1.165) is 34.6 Å². The number of thioether (sulfide) groups is 1. The monoisotopic (exact) mass is 565 g/mol. The first-order valence-electron chi connectivity index (χ1n) is 9.34. The number of nitrogens with zero attached hydrogens (tertiary/aromatic N) is 1. The quantitative estimate of drug-likeness (QED) is 0.272. The molecule has 0 radical (unpaired) electrons. The zero-order valence-electron chi connectivity index (χ0n) is 17.4. The average Bonchev–Trinajstić information content (AvgIpc) is 2.65. The Bertz CT molecular complexity index is 936. The molecule has 0 aliphatic rings. The van der Waals surface area contributed by atoms with E-state index in [9.17, 15) is 12.8 Å². The molecule has 2 aromatic rings. The molecule has 5 nitrogen and oxygen atoms in total. The van der Waals surface area contributed by atoms with E-state index >= 15 is 0 Å². The second kappa shape index (κ2) is 13.2. The minimum Gasteiger partial charge on any atom is -0.357 e. The summed E-state index contributed by atoms with van der Waals surface area (Å²) in [5.74, 6) is 1.24. The van der Waals surface area contributed by atoms with Crippen LogP contribution in [0.15, 0.2) is 47.5 Å². The topological polar surface area (TPSA) is 70.6 Å². The molecule has 2 rings (SSSR count). The average molecular weight is 566 g/mol. The fourth-order valence-electron chi connectivity index (χ4n) is 2.79. The number of benzene rings is 2. The van der Waals surface area contributed by atoms with Gasteiger partial charge < -0.3 is 10.6 Å². The first-order valence-corrected chi connectivity index (χ1v) is 12.8. The van der Waals surface area contributed by atoms with Crippen LogP contribution in [0.5, 0.6) is 0 Å². The van der Waals surface area contributed by atoms with Crippen molar-refractivity contribution >= 4 is 51.5 Å². The van der Waals surface area contributed by atoms with Crippen molar-refractivity contribution in [3.63, 3.8) is 0 Å². The number of sulfone groups is 1. The summed E-state index contributed by atoms with van der Waals surface area (Å²) in [6.45, 7) is 3.74. The third-order valence-electron chi connectivity index (χ3n) is 4.13. The highest BCUT2D eigenvalue weighted by molar-refractivity contribution is 14.0. The molecule has 0 fully saturated rings. The van der Waals surface area contributed by atoms with Gasteiger partial charge in [0.05, 0.1) is 12.3 Å². The van der Waals surface area contributed by atoms with Crippen molar-refractivity contribution in [3.05, 3.63) is 70.5 Å². The molecular formula is C21H29FIN3O2S2. The molecule has 0 aromatic heterocycles. The molecule has 0 spiro atoms. The predicted molar refractivity (Wildman–Crippen MR) is 136 cm³/mol. The van der Waals surface area contributed by atoms with Crippen molar-refractivity contribution in [1.82, 2.24) is 10.6 Å². The molecule has 0 bridgehead atoms. The minimum absolute atomic E-state index is 0. The Kier molecular flexibility index (Phi) is 11.7. The van der Waals surface area contributed by atoms with Gasteiger partial charge in [-0.3, -0.25) is 0 Å². The highest BCUT2D eigenvalue weighted by Crippen LogP contribution is 2.16. The van der Waals surface area contributed by atoms with Gasteiger partial charge in [-0.15, -0.1) is 24.0 Å². The van der Waals surface area contributed by atoms with E-state index < -0.39 is 9.84 Å². The summed E-state index contributed by atoms with van der Waals surface area (Å²) in [7, 11) is -3.04. The van der Waals surface area contributed by atoms with Crippen molar-refractivity contribution in [3.8, 4) is 0 Å². The molecule has 0 aliphatic carbocycles. The van der Waals surface area contributed by atoms with Crippen molar-refractivity contribution in [2.45, 2.75) is 31.5 Å². The lowest BCUT2D eigenvalue weighted by atomic mass is 10.1. The minimum atomic E-state index is -3.04. The maximum Gasteiger partial charge on any atom is 0.191 e. The van der Waals surface area contributed by atoms with Crippen LogP contribution in [-0.4, -0.2) is 33.4 Å². The molecule has 0 atom stereocenters. The summed E-state index contributed by atoms with van der Waals surface area (Å²) in [5.41, 5.74) is 3.77. The SMILES string of the molecule is CCNC(=NCc1ccc(CS(C)(=O)=O)cc1)NCc1ccc(F)cc1CSC.I. The Morgan fingerprint density at radius 3 is 2.33 bits per heavy atom. The number of nitrogens with one attached hydrogen (secondary N) is 2. The van der Waals surface area contributed by atoms with E-state index in [0.29, 0.717) is 19.0 Å². The molecular weight excluding hydrogens is 536 g/mol. The Morgan fingerprint density at radius 2 is 1.73 bits per heavy atom. The van der Waals surface area contributed by atoms with Gasteiger partial charge in [-0.05, 0) is 47.6 Å². The van der Waals surface area contributed by atoms with Gasteiger partial charge in [0.25, 0.3) is 0 Å². The van der Waals surface area contributed by atoms with Gasteiger partial charge >= 0.3 is 0 Å². The van der Waals surface area contributed by atoms with Crippen LogP contribution < -0.4 is 10.6 Å². The second-order valence-electron chi connectivity index (χ2n) is 6.78. The van der Waals surface area contributed by atoms with Crippen molar-refractivity contribution in [2.24, 2.45) is 4.99 Å². The fourth-order valence-corrected chi connectivity index (χ4v) is 4.17. The Hall–Kier alpha value is -1.33. The van der Waals surface area contributed by atoms with E-state index in [4.69, 9.17) is 0 Å². The lowest BCUT2D eigenvalue weighted by Crippen LogP contribution is -2.37. The van der Waals surface area contributed by atoms with Crippen LogP contribution in [0, 0.1) is 5.82 Å². The predicted octanol–water partition coefficient (Wildman–Crippen LogP) is 4.11. The first-order chi connectivity index (χ1) is 13.8. The standard InChI is InChI=1S/C21H28FN3O2S2.HI/c1-4-23-21(25-13-18-9-10-20(22)11-19(18)14-28-2)24-12-16-5-7-17(8-6-16)15-29(3,26)27;/h5-11H,4,12-15H2,1-3H3,(H2,23,24,25);1H. The lowest BCUT2D eigenvalue weighted by Gasteiger charge is -2.14. The smallest absolute Gasteiger partial charge is 0.191 e. The summed E-state index contributed by atoms with van der Waals surface area (Å²) >= 11 is 1.66. The van der Waals surface area contributed by atoms with Gasteiger partial charge in [0.2, 0.25) is 0 Å². The zero-order chi connectivity index (χ0) is 21.3. The molecule has 0 saturated carbocycles. The van der Waals surface area contributed by atoms with E-state index in [2.05, 4.69) is 15.6 Å². The summed E-state index contributed by atoms with van der Waals surface area (Å²) < 4.78 is 36.3. The number of aliphatic imine (C=N–C) groups is 1. The molecule has 166 valence electrons. The van der Waals surface area contributed by atoms with Crippen LogP contribution in [0.1, 0.15) is 29.2 Å². The number of rotatable bonds is 9. The number of halogens is 2. The largest absolute Gasteiger partial charge is 0.357 e. The van der Waals surface area contributed by atoms with E-state index in [1.165, 1.54) is 12.3 Å². The van der Waals surface area contributed by atoms with Gasteiger partial charge in [-0.1, -0.05) is 30.3 Å². The van der Waals surface area contributed by atoms with E-state index in [1.807, 2.05) is 37.4 Å². The maximum atomic E-state index is 13.5. The normalized spacial score (nSPS) is 11.7. The summed E-state index contributed by atoms with van der Waals surface area (Å²) in [5, 5.41) is 6.50. The van der Waals surface area contributed by atoms with Gasteiger partial charge in [0.1, 0.15) is 5.82 Å². The Labute approximate surface area is 200 Å². The van der Waals surface area contributed by atoms with Crippen LogP contribution in [-0.2, 0) is 34.4 Å². The van der Waals surface area contributed by atoms with Crippen LogP contribution in [0.25, 0.3) is 0 Å². The van der Waals surface area contributed by atoms with Gasteiger partial charge in [-0.2, -0.15) is 11.8 Å². The number of guanidine groups is 1. The maximum absolute atomic E-state index is 13.5. The highest BCUT2D eigenvalue weighted by atomic mass is 127. The summed E-state index contributed by atoms with van der Waals surface area (Å²) in [6.07, 6.45) is 3.22. The van der Waals surface area contributed by atoms with Crippen LogP contribution in [0.4, 0.5) is 4.39 Å². The molecule has 0 saturated heterocycles. The number of hydrogen-bond donors (Lipinski definition) is 2. The molecule has 0 amide bonds. The van der Waals surface area contributed by atoms with Crippen molar-refractivity contribution in [2.75, 3.05) is 19.1 Å². The van der Waals surface area contributed by atoms with Gasteiger partial charge in [0.15, 0.2) is 15.8 Å². The Balaban J connectivity index is 0.00000450. The summed E-state index contributed by atoms with van der Waals surface area (Å²) in [6, 6.07) is 12.3. The van der Waals surface area contributed by atoms with E-state index in [1.54, 1.807) is 23.9 Å². The molecule has 2 aromatic carbocycles. The van der Waals surface area contributed by atoms with Crippen LogP contribution >= 0.6 is 35.7 Å². The lowest BCUT2D eigenvalue weighted by molar-refractivity contribution is 0.601. The van der Waals surface area contributed by atoms with Crippen molar-refractivity contribution in [1.29, 1.82) is 0 Å². The highest BCUT2D eigenvalue weighted by Gasteiger charge is 2.06. The molecule has 2 N–H and O–H groups in total. The third kappa shape index (κ3) is 9.65. The molecule has 9 heteroatoms. The molecule has 30 heavy (non-hydrogen) atoms. The molecule has 0 aliphatic heterocycles. The third-order valence-corrected chi connectivity index (χ3v) is 5.59. The molecule has 0 unspecified atom stereocenters. The molecule has 0 heterocycles.